The molecule has 1 heterocycles. The Kier molecular flexibility index (Phi) is 10.8. The molecule has 1 aromatic rings. The molecule has 1 aromatic carbocycles. The minimum absolute atomic E-state index is 0.0120. The second kappa shape index (κ2) is 12.3. The van der Waals surface area contributed by atoms with Gasteiger partial charge in [-0.3, -0.25) is 0 Å². The largest absolute Gasteiger partial charge is 0.243 e. The summed E-state index contributed by atoms with van der Waals surface area (Å²) < 4.78 is 84.0. The SMILES string of the molecule is Cc1ccc(S(=O)(=O)N2CCN(S(=O)(=O)CC[Si](C)(C)C)CCN(S(=O)(=O)CC[Si](C)(C)C)CC2)cc1. The summed E-state index contributed by atoms with van der Waals surface area (Å²) in [5, 5.41) is 0. The number of nitrogens with zero attached hydrogens (tertiary/aromatic N) is 3. The number of hydrogen-bond acceptors (Lipinski definition) is 6. The standard InChI is InChI=1S/C23H45N3O6S3Si2/c1-22-8-10-23(11-9-22)35(31,32)26-16-14-24(33(27,28)18-20-36(2,3)4)12-13-25(15-17-26)34(29,30)19-21-37(5,6)7/h8-11H,12-21H2,1-7H3. The molecular weight excluding hydrogens is 567 g/mol. The van der Waals surface area contributed by atoms with Gasteiger partial charge < -0.3 is 0 Å². The Morgan fingerprint density at radius 2 is 0.919 bits per heavy atom. The molecule has 37 heavy (non-hydrogen) atoms. The lowest BCUT2D eigenvalue weighted by Gasteiger charge is -2.27. The molecule has 0 amide bonds. The lowest BCUT2D eigenvalue weighted by atomic mass is 10.2. The Labute approximate surface area is 227 Å². The van der Waals surface area contributed by atoms with Crippen molar-refractivity contribution in [1.82, 2.24) is 12.9 Å². The van der Waals surface area contributed by atoms with E-state index in [1.165, 1.54) is 25.0 Å². The Morgan fingerprint density at radius 1 is 0.595 bits per heavy atom. The molecule has 1 fully saturated rings. The van der Waals surface area contributed by atoms with Gasteiger partial charge in [-0.15, -0.1) is 0 Å². The van der Waals surface area contributed by atoms with Gasteiger partial charge in [0.15, 0.2) is 0 Å². The fraction of sp³-hybridized carbons (Fsp3) is 0.739. The molecular formula is C23H45N3O6S3Si2. The van der Waals surface area contributed by atoms with Gasteiger partial charge in [0.05, 0.1) is 16.4 Å². The minimum Gasteiger partial charge on any atom is -0.212 e. The molecule has 9 nitrogen and oxygen atoms in total. The van der Waals surface area contributed by atoms with Gasteiger partial charge >= 0.3 is 0 Å². The van der Waals surface area contributed by atoms with Gasteiger partial charge in [-0.25, -0.2) is 25.3 Å². The molecule has 1 aliphatic heterocycles. The fourth-order valence-corrected chi connectivity index (χ4v) is 14.1. The van der Waals surface area contributed by atoms with Gasteiger partial charge in [-0.1, -0.05) is 57.0 Å². The molecule has 1 aliphatic rings. The normalized spacial score (nSPS) is 18.8. The molecule has 1 saturated heterocycles. The average molecular weight is 612 g/mol. The zero-order valence-corrected chi connectivity index (χ0v) is 27.8. The first kappa shape index (κ1) is 32.6. The topological polar surface area (TPSA) is 112 Å². The molecule has 2 rings (SSSR count). The monoisotopic (exact) mass is 611 g/mol. The van der Waals surface area contributed by atoms with E-state index >= 15 is 0 Å². The predicted molar refractivity (Wildman–Crippen MR) is 157 cm³/mol. The highest BCUT2D eigenvalue weighted by molar-refractivity contribution is 7.90. The van der Waals surface area contributed by atoms with Crippen molar-refractivity contribution in [3.63, 3.8) is 0 Å². The van der Waals surface area contributed by atoms with Crippen molar-refractivity contribution in [2.45, 2.75) is 63.2 Å². The van der Waals surface area contributed by atoms with Crippen LogP contribution in [0.25, 0.3) is 0 Å². The molecule has 0 bridgehead atoms. The van der Waals surface area contributed by atoms with E-state index in [2.05, 4.69) is 39.3 Å². The Balaban J connectivity index is 2.41. The summed E-state index contributed by atoms with van der Waals surface area (Å²) >= 11 is 0. The van der Waals surface area contributed by atoms with Crippen molar-refractivity contribution in [1.29, 1.82) is 0 Å². The zero-order valence-electron chi connectivity index (χ0n) is 23.4. The van der Waals surface area contributed by atoms with E-state index in [1.54, 1.807) is 12.1 Å². The lowest BCUT2D eigenvalue weighted by Crippen LogP contribution is -2.44. The molecule has 0 saturated carbocycles. The van der Waals surface area contributed by atoms with Crippen LogP contribution in [0.2, 0.25) is 51.4 Å². The van der Waals surface area contributed by atoms with Crippen molar-refractivity contribution in [3.8, 4) is 0 Å². The van der Waals surface area contributed by atoms with E-state index in [0.29, 0.717) is 12.1 Å². The Hall–Kier alpha value is -0.616. The first-order valence-electron chi connectivity index (χ1n) is 12.8. The van der Waals surface area contributed by atoms with Crippen LogP contribution in [0.15, 0.2) is 29.2 Å². The summed E-state index contributed by atoms with van der Waals surface area (Å²) in [4.78, 5) is 0.110. The van der Waals surface area contributed by atoms with Crippen molar-refractivity contribution in [3.05, 3.63) is 29.8 Å². The van der Waals surface area contributed by atoms with Gasteiger partial charge in [0.2, 0.25) is 30.1 Å². The maximum absolute atomic E-state index is 13.5. The van der Waals surface area contributed by atoms with Crippen LogP contribution < -0.4 is 0 Å². The van der Waals surface area contributed by atoms with Gasteiger partial charge in [0.1, 0.15) is 0 Å². The predicted octanol–water partition coefficient (Wildman–Crippen LogP) is 2.94. The average Bonchev–Trinajstić information content (AvgIpc) is 2.87. The van der Waals surface area contributed by atoms with E-state index in [-0.39, 0.29) is 55.7 Å². The number of aryl methyl sites for hydroxylation is 1. The van der Waals surface area contributed by atoms with Crippen LogP contribution in [-0.2, 0) is 30.1 Å². The van der Waals surface area contributed by atoms with Crippen LogP contribution in [0.4, 0.5) is 0 Å². The fourth-order valence-electron chi connectivity index (χ4n) is 3.79. The van der Waals surface area contributed by atoms with Gasteiger partial charge in [0, 0.05) is 55.4 Å². The molecule has 0 spiro atoms. The second-order valence-corrected chi connectivity index (χ2v) is 29.6. The third-order valence-corrected chi connectivity index (χ3v) is 16.3. The molecule has 0 N–H and O–H groups in total. The third kappa shape index (κ3) is 10.1. The van der Waals surface area contributed by atoms with E-state index in [9.17, 15) is 25.3 Å². The van der Waals surface area contributed by atoms with Crippen LogP contribution in [-0.4, -0.2) is 105 Å². The highest BCUT2D eigenvalue weighted by atomic mass is 32.2. The van der Waals surface area contributed by atoms with E-state index < -0.39 is 46.2 Å². The minimum atomic E-state index is -3.94. The molecule has 0 atom stereocenters. The number of benzene rings is 1. The first-order chi connectivity index (χ1) is 16.7. The number of sulfonamides is 3. The quantitative estimate of drug-likeness (QED) is 0.376. The third-order valence-electron chi connectivity index (χ3n) is 6.46. The Morgan fingerprint density at radius 3 is 1.24 bits per heavy atom. The summed E-state index contributed by atoms with van der Waals surface area (Å²) in [7, 11) is -14.6. The maximum Gasteiger partial charge on any atom is 0.243 e. The van der Waals surface area contributed by atoms with Crippen molar-refractivity contribution in [2.24, 2.45) is 0 Å². The molecule has 214 valence electrons. The van der Waals surface area contributed by atoms with Crippen LogP contribution >= 0.6 is 0 Å². The van der Waals surface area contributed by atoms with E-state index in [1.807, 2.05) is 6.92 Å². The molecule has 14 heteroatoms. The highest BCUT2D eigenvalue weighted by Gasteiger charge is 2.34. The summed E-state index contributed by atoms with van der Waals surface area (Å²) in [6.07, 6.45) is 0. The van der Waals surface area contributed by atoms with Crippen molar-refractivity contribution in [2.75, 3.05) is 50.8 Å². The highest BCUT2D eigenvalue weighted by Crippen LogP contribution is 2.20. The maximum atomic E-state index is 13.5. The summed E-state index contributed by atoms with van der Waals surface area (Å²) in [5.74, 6) is -0.0361. The molecule has 0 aromatic heterocycles. The van der Waals surface area contributed by atoms with Crippen molar-refractivity contribution >= 4 is 46.2 Å². The van der Waals surface area contributed by atoms with Crippen molar-refractivity contribution < 1.29 is 25.3 Å². The van der Waals surface area contributed by atoms with E-state index in [4.69, 9.17) is 0 Å². The number of rotatable bonds is 10. The van der Waals surface area contributed by atoms with Crippen LogP contribution in [0.1, 0.15) is 5.56 Å². The smallest absolute Gasteiger partial charge is 0.212 e. The summed E-state index contributed by atoms with van der Waals surface area (Å²) in [5.41, 5.74) is 0.919. The Bertz CT molecular complexity index is 1160. The van der Waals surface area contributed by atoms with Gasteiger partial charge in [-0.2, -0.15) is 12.9 Å². The molecule has 0 unspecified atom stereocenters. The molecule has 0 radical (unpaired) electrons. The first-order valence-corrected chi connectivity index (χ1v) is 24.8. The van der Waals surface area contributed by atoms with Crippen LogP contribution in [0.5, 0.6) is 0 Å². The van der Waals surface area contributed by atoms with Crippen LogP contribution in [0, 0.1) is 6.92 Å². The zero-order chi connectivity index (χ0) is 28.3. The second-order valence-electron chi connectivity index (χ2n) is 12.3. The molecule has 0 aliphatic carbocycles. The van der Waals surface area contributed by atoms with E-state index in [0.717, 1.165) is 5.56 Å². The summed E-state index contributed by atoms with van der Waals surface area (Å²) in [6, 6.07) is 7.64. The van der Waals surface area contributed by atoms with Gasteiger partial charge in [-0.05, 0) is 31.1 Å². The van der Waals surface area contributed by atoms with Crippen LogP contribution in [0.3, 0.4) is 0 Å². The lowest BCUT2D eigenvalue weighted by molar-refractivity contribution is 0.365. The summed E-state index contributed by atoms with van der Waals surface area (Å²) in [6.45, 7) is 14.4. The van der Waals surface area contributed by atoms with Gasteiger partial charge in [0.25, 0.3) is 0 Å². The number of hydrogen-bond donors (Lipinski definition) is 0.